The predicted octanol–water partition coefficient (Wildman–Crippen LogP) is 3.82. The number of hydrogen-bond acceptors (Lipinski definition) is 4. The van der Waals surface area contributed by atoms with E-state index in [0.717, 1.165) is 11.1 Å². The molecule has 0 fully saturated rings. The van der Waals surface area contributed by atoms with E-state index < -0.39 is 11.8 Å². The van der Waals surface area contributed by atoms with Crippen LogP contribution in [0.2, 0.25) is 0 Å². The number of anilines is 1. The van der Waals surface area contributed by atoms with E-state index in [-0.39, 0.29) is 11.5 Å². The summed E-state index contributed by atoms with van der Waals surface area (Å²) in [6.07, 6.45) is 0. The summed E-state index contributed by atoms with van der Waals surface area (Å²) < 4.78 is 10.5. The highest BCUT2D eigenvalue weighted by molar-refractivity contribution is 6.39. The smallest absolute Gasteiger partial charge is 0.313 e. The topological polar surface area (TPSA) is 76.7 Å². The number of carbonyl (C=O) groups excluding carboxylic acids is 2. The maximum atomic E-state index is 12.4. The van der Waals surface area contributed by atoms with Crippen LogP contribution < -0.4 is 20.1 Å². The van der Waals surface area contributed by atoms with Gasteiger partial charge in [0.15, 0.2) is 11.5 Å². The number of para-hydroxylation sites is 1. The lowest BCUT2D eigenvalue weighted by Crippen LogP contribution is -2.37. The zero-order valence-electron chi connectivity index (χ0n) is 17.3. The van der Waals surface area contributed by atoms with Gasteiger partial charge < -0.3 is 20.1 Å². The molecule has 0 radical (unpaired) electrons. The van der Waals surface area contributed by atoms with Gasteiger partial charge in [0.1, 0.15) is 0 Å². The Labute approximate surface area is 166 Å². The Hall–Kier alpha value is -3.02. The molecule has 1 atom stereocenters. The SMILES string of the molecule is COc1ccc(C(C)NC(=O)C(=O)Nc2ccccc2C(C)(C)C)cc1OC. The first-order chi connectivity index (χ1) is 13.2. The number of benzene rings is 2. The Morgan fingerprint density at radius 3 is 2.18 bits per heavy atom. The third-order valence-corrected chi connectivity index (χ3v) is 4.44. The third-order valence-electron chi connectivity index (χ3n) is 4.44. The Bertz CT molecular complexity index is 856. The van der Waals surface area contributed by atoms with Gasteiger partial charge in [-0.1, -0.05) is 45.0 Å². The molecule has 0 aliphatic rings. The minimum Gasteiger partial charge on any atom is -0.493 e. The lowest BCUT2D eigenvalue weighted by atomic mass is 9.86. The van der Waals surface area contributed by atoms with Crippen LogP contribution in [0.25, 0.3) is 0 Å². The molecule has 0 bridgehead atoms. The van der Waals surface area contributed by atoms with E-state index in [1.165, 1.54) is 0 Å². The number of hydrogen-bond donors (Lipinski definition) is 2. The van der Waals surface area contributed by atoms with Crippen molar-refractivity contribution in [3.05, 3.63) is 53.6 Å². The Balaban J connectivity index is 2.10. The summed E-state index contributed by atoms with van der Waals surface area (Å²) in [5.74, 6) is -0.249. The van der Waals surface area contributed by atoms with Gasteiger partial charge >= 0.3 is 11.8 Å². The van der Waals surface area contributed by atoms with Gasteiger partial charge in [-0.15, -0.1) is 0 Å². The van der Waals surface area contributed by atoms with E-state index in [1.54, 1.807) is 39.3 Å². The molecule has 2 aromatic rings. The molecule has 0 aliphatic carbocycles. The van der Waals surface area contributed by atoms with Crippen molar-refractivity contribution in [2.45, 2.75) is 39.2 Å². The number of carbonyl (C=O) groups is 2. The average Bonchev–Trinajstić information content (AvgIpc) is 2.66. The molecule has 2 rings (SSSR count). The lowest BCUT2D eigenvalue weighted by Gasteiger charge is -2.23. The van der Waals surface area contributed by atoms with E-state index in [4.69, 9.17) is 9.47 Å². The molecule has 0 saturated carbocycles. The van der Waals surface area contributed by atoms with Crippen molar-refractivity contribution >= 4 is 17.5 Å². The first-order valence-electron chi connectivity index (χ1n) is 9.10. The summed E-state index contributed by atoms with van der Waals surface area (Å²) in [5, 5.41) is 5.43. The number of rotatable bonds is 5. The highest BCUT2D eigenvalue weighted by Crippen LogP contribution is 2.30. The maximum absolute atomic E-state index is 12.4. The first-order valence-corrected chi connectivity index (χ1v) is 9.10. The molecule has 0 spiro atoms. The van der Waals surface area contributed by atoms with Gasteiger partial charge in [0.2, 0.25) is 0 Å². The highest BCUT2D eigenvalue weighted by atomic mass is 16.5. The number of amides is 2. The second kappa shape index (κ2) is 8.78. The molecular weight excluding hydrogens is 356 g/mol. The van der Waals surface area contributed by atoms with Crippen molar-refractivity contribution in [2.24, 2.45) is 0 Å². The molecule has 6 nitrogen and oxygen atoms in total. The molecule has 28 heavy (non-hydrogen) atoms. The molecule has 0 heterocycles. The van der Waals surface area contributed by atoms with Crippen LogP contribution in [0.5, 0.6) is 11.5 Å². The van der Waals surface area contributed by atoms with Crippen molar-refractivity contribution in [1.82, 2.24) is 5.32 Å². The van der Waals surface area contributed by atoms with Crippen LogP contribution in [0.15, 0.2) is 42.5 Å². The minimum atomic E-state index is -0.705. The molecule has 0 aliphatic heterocycles. The van der Waals surface area contributed by atoms with Crippen LogP contribution >= 0.6 is 0 Å². The Morgan fingerprint density at radius 1 is 0.929 bits per heavy atom. The lowest BCUT2D eigenvalue weighted by molar-refractivity contribution is -0.136. The van der Waals surface area contributed by atoms with Gasteiger partial charge in [-0.3, -0.25) is 9.59 Å². The zero-order valence-corrected chi connectivity index (χ0v) is 17.3. The molecule has 0 saturated heterocycles. The molecule has 150 valence electrons. The first kappa shape index (κ1) is 21.3. The number of methoxy groups -OCH3 is 2. The van der Waals surface area contributed by atoms with Crippen LogP contribution in [-0.4, -0.2) is 26.0 Å². The molecule has 6 heteroatoms. The normalized spacial score (nSPS) is 12.1. The van der Waals surface area contributed by atoms with Gasteiger partial charge in [-0.25, -0.2) is 0 Å². The number of ether oxygens (including phenoxy) is 2. The second-order valence-corrected chi connectivity index (χ2v) is 7.56. The van der Waals surface area contributed by atoms with Crippen molar-refractivity contribution in [1.29, 1.82) is 0 Å². The van der Waals surface area contributed by atoms with E-state index in [0.29, 0.717) is 17.2 Å². The molecule has 2 N–H and O–H groups in total. The summed E-state index contributed by atoms with van der Waals surface area (Å²) in [4.78, 5) is 24.8. The third kappa shape index (κ3) is 5.03. The van der Waals surface area contributed by atoms with Crippen LogP contribution in [0.1, 0.15) is 44.9 Å². The highest BCUT2D eigenvalue weighted by Gasteiger charge is 2.22. The van der Waals surface area contributed by atoms with Gasteiger partial charge in [0.05, 0.1) is 20.3 Å². The summed E-state index contributed by atoms with van der Waals surface area (Å²) >= 11 is 0. The largest absolute Gasteiger partial charge is 0.493 e. The average molecular weight is 384 g/mol. The van der Waals surface area contributed by atoms with Crippen LogP contribution in [0.4, 0.5) is 5.69 Å². The van der Waals surface area contributed by atoms with Gasteiger partial charge in [0.25, 0.3) is 0 Å². The summed E-state index contributed by atoms with van der Waals surface area (Å²) in [5.41, 5.74) is 2.24. The van der Waals surface area contributed by atoms with Crippen LogP contribution in [0, 0.1) is 0 Å². The second-order valence-electron chi connectivity index (χ2n) is 7.56. The van der Waals surface area contributed by atoms with E-state index in [2.05, 4.69) is 31.4 Å². The standard InChI is InChI=1S/C22H28N2O4/c1-14(15-11-12-18(27-5)19(13-15)28-6)23-20(25)21(26)24-17-10-8-7-9-16(17)22(2,3)4/h7-14H,1-6H3,(H,23,25)(H,24,26). The fourth-order valence-corrected chi connectivity index (χ4v) is 2.89. The monoisotopic (exact) mass is 384 g/mol. The van der Waals surface area contributed by atoms with Gasteiger partial charge in [-0.05, 0) is 41.7 Å². The molecule has 2 amide bonds. The zero-order chi connectivity index (χ0) is 20.9. The fraction of sp³-hybridized carbons (Fsp3) is 0.364. The maximum Gasteiger partial charge on any atom is 0.313 e. The molecule has 1 unspecified atom stereocenters. The summed E-state index contributed by atoms with van der Waals surface area (Å²) in [6, 6.07) is 12.5. The van der Waals surface area contributed by atoms with E-state index in [9.17, 15) is 9.59 Å². The van der Waals surface area contributed by atoms with Crippen molar-refractivity contribution in [3.63, 3.8) is 0 Å². The van der Waals surface area contributed by atoms with Gasteiger partial charge in [0, 0.05) is 5.69 Å². The van der Waals surface area contributed by atoms with Gasteiger partial charge in [-0.2, -0.15) is 0 Å². The van der Waals surface area contributed by atoms with Crippen molar-refractivity contribution in [3.8, 4) is 11.5 Å². The van der Waals surface area contributed by atoms with Crippen LogP contribution in [0.3, 0.4) is 0 Å². The summed E-state index contributed by atoms with van der Waals surface area (Å²) in [7, 11) is 3.10. The van der Waals surface area contributed by atoms with E-state index in [1.807, 2.05) is 24.3 Å². The van der Waals surface area contributed by atoms with E-state index >= 15 is 0 Å². The fourth-order valence-electron chi connectivity index (χ4n) is 2.89. The predicted molar refractivity (Wildman–Crippen MR) is 110 cm³/mol. The Kier molecular flexibility index (Phi) is 6.67. The number of nitrogens with one attached hydrogen (secondary N) is 2. The Morgan fingerprint density at radius 2 is 1.57 bits per heavy atom. The van der Waals surface area contributed by atoms with Crippen molar-refractivity contribution in [2.75, 3.05) is 19.5 Å². The van der Waals surface area contributed by atoms with Crippen molar-refractivity contribution < 1.29 is 19.1 Å². The minimum absolute atomic E-state index is 0.159. The van der Waals surface area contributed by atoms with Crippen LogP contribution in [-0.2, 0) is 15.0 Å². The summed E-state index contributed by atoms with van der Waals surface area (Å²) in [6.45, 7) is 7.96. The molecule has 0 aromatic heterocycles. The quantitative estimate of drug-likeness (QED) is 0.769. The molecule has 2 aromatic carbocycles. The molecular formula is C22H28N2O4.